The van der Waals surface area contributed by atoms with Crippen molar-refractivity contribution in [1.29, 1.82) is 0 Å². The number of carbonyl (C=O) groups is 1. The van der Waals surface area contributed by atoms with E-state index in [4.69, 9.17) is 10.9 Å². The van der Waals surface area contributed by atoms with E-state index in [1.54, 1.807) is 36.3 Å². The summed E-state index contributed by atoms with van der Waals surface area (Å²) in [4.78, 5) is 13.6. The molecule has 0 bridgehead atoms. The smallest absolute Gasteiger partial charge is 0.257 e. The summed E-state index contributed by atoms with van der Waals surface area (Å²) in [7, 11) is 1.70. The van der Waals surface area contributed by atoms with E-state index in [0.717, 1.165) is 5.56 Å². The zero-order valence-corrected chi connectivity index (χ0v) is 10.9. The Kier molecular flexibility index (Phi) is 3.99. The summed E-state index contributed by atoms with van der Waals surface area (Å²) in [6.07, 6.45) is 3.03. The van der Waals surface area contributed by atoms with Crippen LogP contribution >= 0.6 is 0 Å². The first-order chi connectivity index (χ1) is 9.61. The van der Waals surface area contributed by atoms with E-state index in [1.807, 2.05) is 6.07 Å². The first kappa shape index (κ1) is 13.6. The molecule has 7 heteroatoms. The predicted octanol–water partition coefficient (Wildman–Crippen LogP) is 0.776. The van der Waals surface area contributed by atoms with Crippen LogP contribution in [0.25, 0.3) is 0 Å². The summed E-state index contributed by atoms with van der Waals surface area (Å²) >= 11 is 0. The Bertz CT molecular complexity index is 621. The summed E-state index contributed by atoms with van der Waals surface area (Å²) in [5.41, 5.74) is 7.53. The van der Waals surface area contributed by atoms with Crippen molar-refractivity contribution < 1.29 is 10.0 Å². The number of hydrogen-bond acceptors (Lipinski definition) is 4. The van der Waals surface area contributed by atoms with Gasteiger partial charge in [-0.2, -0.15) is 5.10 Å². The second kappa shape index (κ2) is 5.87. The lowest BCUT2D eigenvalue weighted by Gasteiger charge is -2.16. The highest BCUT2D eigenvalue weighted by atomic mass is 16.4. The highest BCUT2D eigenvalue weighted by Crippen LogP contribution is 2.10. The van der Waals surface area contributed by atoms with Crippen LogP contribution < -0.4 is 5.73 Å². The Hall–Kier alpha value is -2.83. The Balaban J connectivity index is 2.12. The Labute approximate surface area is 115 Å². The van der Waals surface area contributed by atoms with Crippen LogP contribution in [0.15, 0.2) is 41.8 Å². The molecule has 7 nitrogen and oxygen atoms in total. The topological polar surface area (TPSA) is 108 Å². The number of H-pyrrole nitrogens is 1. The maximum absolute atomic E-state index is 12.1. The van der Waals surface area contributed by atoms with E-state index in [0.29, 0.717) is 17.7 Å². The lowest BCUT2D eigenvalue weighted by Crippen LogP contribution is -2.26. The van der Waals surface area contributed by atoms with Crippen molar-refractivity contribution >= 4 is 11.7 Å². The van der Waals surface area contributed by atoms with Gasteiger partial charge < -0.3 is 15.8 Å². The standard InChI is InChI=1S/C13H15N5O2/c1-18(13(19)11-6-15-16-7-11)8-9-3-2-4-10(5-9)12(14)17-20/h2-7,20H,8H2,1H3,(H2,14,17)(H,15,16). The van der Waals surface area contributed by atoms with Gasteiger partial charge in [-0.25, -0.2) is 0 Å². The van der Waals surface area contributed by atoms with E-state index >= 15 is 0 Å². The maximum atomic E-state index is 12.1. The average Bonchev–Trinajstić information content (AvgIpc) is 3.00. The monoisotopic (exact) mass is 273 g/mol. The summed E-state index contributed by atoms with van der Waals surface area (Å²) < 4.78 is 0. The van der Waals surface area contributed by atoms with Gasteiger partial charge in [0, 0.05) is 25.4 Å². The molecule has 0 fully saturated rings. The van der Waals surface area contributed by atoms with Crippen LogP contribution in [0.1, 0.15) is 21.5 Å². The molecule has 0 unspecified atom stereocenters. The summed E-state index contributed by atoms with van der Waals surface area (Å²) in [6.45, 7) is 0.413. The van der Waals surface area contributed by atoms with Gasteiger partial charge in [0.15, 0.2) is 5.84 Å². The predicted molar refractivity (Wildman–Crippen MR) is 73.3 cm³/mol. The molecule has 1 aromatic carbocycles. The molecule has 0 radical (unpaired) electrons. The largest absolute Gasteiger partial charge is 0.409 e. The molecule has 0 atom stereocenters. The summed E-state index contributed by atoms with van der Waals surface area (Å²) in [5, 5.41) is 18.0. The van der Waals surface area contributed by atoms with Crippen LogP contribution in [0.5, 0.6) is 0 Å². The van der Waals surface area contributed by atoms with E-state index in [-0.39, 0.29) is 11.7 Å². The molecular weight excluding hydrogens is 258 g/mol. The Morgan fingerprint density at radius 1 is 1.50 bits per heavy atom. The first-order valence-electron chi connectivity index (χ1n) is 5.93. The fourth-order valence-corrected chi connectivity index (χ4v) is 1.82. The van der Waals surface area contributed by atoms with Crippen LogP contribution in [0.3, 0.4) is 0 Å². The van der Waals surface area contributed by atoms with E-state index < -0.39 is 0 Å². The van der Waals surface area contributed by atoms with Crippen LogP contribution in [0.4, 0.5) is 0 Å². The Morgan fingerprint density at radius 3 is 2.95 bits per heavy atom. The van der Waals surface area contributed by atoms with Crippen LogP contribution in [0.2, 0.25) is 0 Å². The number of nitrogens with zero attached hydrogens (tertiary/aromatic N) is 3. The molecule has 0 saturated carbocycles. The summed E-state index contributed by atoms with van der Waals surface area (Å²) in [6, 6.07) is 7.16. The Morgan fingerprint density at radius 2 is 2.30 bits per heavy atom. The molecule has 20 heavy (non-hydrogen) atoms. The van der Waals surface area contributed by atoms with Gasteiger partial charge in [-0.1, -0.05) is 23.4 Å². The van der Waals surface area contributed by atoms with Crippen LogP contribution in [0, 0.1) is 0 Å². The number of hydrogen-bond donors (Lipinski definition) is 3. The highest BCUT2D eigenvalue weighted by Gasteiger charge is 2.13. The second-order valence-corrected chi connectivity index (χ2v) is 4.33. The van der Waals surface area contributed by atoms with Gasteiger partial charge in [-0.3, -0.25) is 9.89 Å². The molecule has 0 spiro atoms. The number of nitrogens with one attached hydrogen (secondary N) is 1. The summed E-state index contributed by atoms with van der Waals surface area (Å²) in [5.74, 6) is -0.0939. The molecule has 0 aliphatic heterocycles. The van der Waals surface area contributed by atoms with Crippen LogP contribution in [-0.4, -0.2) is 39.1 Å². The lowest BCUT2D eigenvalue weighted by molar-refractivity contribution is 0.0785. The van der Waals surface area contributed by atoms with Gasteiger partial charge in [0.05, 0.1) is 11.8 Å². The van der Waals surface area contributed by atoms with Gasteiger partial charge >= 0.3 is 0 Å². The third-order valence-electron chi connectivity index (χ3n) is 2.84. The molecule has 0 aliphatic rings. The number of rotatable bonds is 4. The zero-order valence-electron chi connectivity index (χ0n) is 10.9. The van der Waals surface area contributed by atoms with Crippen molar-refractivity contribution in [2.24, 2.45) is 10.9 Å². The quantitative estimate of drug-likeness (QED) is 0.331. The van der Waals surface area contributed by atoms with Crippen molar-refractivity contribution in [3.05, 3.63) is 53.3 Å². The number of aromatic nitrogens is 2. The second-order valence-electron chi connectivity index (χ2n) is 4.33. The van der Waals surface area contributed by atoms with E-state index in [2.05, 4.69) is 15.4 Å². The third kappa shape index (κ3) is 2.94. The number of carbonyl (C=O) groups excluding carboxylic acids is 1. The fourth-order valence-electron chi connectivity index (χ4n) is 1.82. The molecular formula is C13H15N5O2. The average molecular weight is 273 g/mol. The van der Waals surface area contributed by atoms with Crippen molar-refractivity contribution in [2.45, 2.75) is 6.54 Å². The number of amides is 1. The number of oxime groups is 1. The normalized spacial score (nSPS) is 11.3. The van der Waals surface area contributed by atoms with Crippen molar-refractivity contribution in [3.63, 3.8) is 0 Å². The van der Waals surface area contributed by atoms with E-state index in [9.17, 15) is 4.79 Å². The fraction of sp³-hybridized carbons (Fsp3) is 0.154. The molecule has 1 heterocycles. The SMILES string of the molecule is CN(Cc1cccc(C(N)=NO)c1)C(=O)c1cn[nH]c1. The highest BCUT2D eigenvalue weighted by molar-refractivity contribution is 5.97. The molecule has 0 aliphatic carbocycles. The maximum Gasteiger partial charge on any atom is 0.257 e. The van der Waals surface area contributed by atoms with Gasteiger partial charge in [0.25, 0.3) is 5.91 Å². The molecule has 1 amide bonds. The molecule has 4 N–H and O–H groups in total. The third-order valence-corrected chi connectivity index (χ3v) is 2.84. The molecule has 104 valence electrons. The van der Waals surface area contributed by atoms with E-state index in [1.165, 1.54) is 6.20 Å². The van der Waals surface area contributed by atoms with Gasteiger partial charge in [-0.05, 0) is 11.6 Å². The first-order valence-corrected chi connectivity index (χ1v) is 5.93. The van der Waals surface area contributed by atoms with Gasteiger partial charge in [-0.15, -0.1) is 0 Å². The van der Waals surface area contributed by atoms with Gasteiger partial charge in [0.2, 0.25) is 0 Å². The number of benzene rings is 1. The minimum absolute atomic E-state index is 0.0377. The number of nitrogens with two attached hydrogens (primary N) is 1. The molecule has 2 rings (SSSR count). The van der Waals surface area contributed by atoms with Crippen molar-refractivity contribution in [3.8, 4) is 0 Å². The van der Waals surface area contributed by atoms with Gasteiger partial charge in [0.1, 0.15) is 0 Å². The number of amidine groups is 1. The van der Waals surface area contributed by atoms with Crippen LogP contribution in [-0.2, 0) is 6.54 Å². The lowest BCUT2D eigenvalue weighted by atomic mass is 10.1. The number of aromatic amines is 1. The van der Waals surface area contributed by atoms with Crippen molar-refractivity contribution in [1.82, 2.24) is 15.1 Å². The molecule has 0 saturated heterocycles. The minimum atomic E-state index is -0.132. The molecule has 2 aromatic rings. The molecule has 1 aromatic heterocycles. The van der Waals surface area contributed by atoms with Crippen molar-refractivity contribution in [2.75, 3.05) is 7.05 Å². The zero-order chi connectivity index (χ0) is 14.5. The minimum Gasteiger partial charge on any atom is -0.409 e.